The van der Waals surface area contributed by atoms with E-state index >= 15 is 0 Å². The van der Waals surface area contributed by atoms with Gasteiger partial charge in [-0.25, -0.2) is 0 Å². The van der Waals surface area contributed by atoms with E-state index in [1.165, 1.54) is 18.4 Å². The Bertz CT molecular complexity index is 543. The van der Waals surface area contributed by atoms with Crippen LogP contribution in [-0.2, 0) is 6.42 Å². The molecule has 2 aromatic rings. The smallest absolute Gasteiger partial charge is 0.272 e. The first-order valence-corrected chi connectivity index (χ1v) is 6.53. The van der Waals surface area contributed by atoms with Crippen molar-refractivity contribution in [2.75, 3.05) is 11.1 Å². The highest BCUT2D eigenvalue weighted by Crippen LogP contribution is 2.13. The van der Waals surface area contributed by atoms with Crippen molar-refractivity contribution in [2.45, 2.75) is 26.2 Å². The lowest BCUT2D eigenvalue weighted by Crippen LogP contribution is -2.12. The summed E-state index contributed by atoms with van der Waals surface area (Å²) in [4.78, 5) is 14.7. The van der Waals surface area contributed by atoms with Gasteiger partial charge in [-0.2, -0.15) is 0 Å². The van der Waals surface area contributed by atoms with E-state index in [-0.39, 0.29) is 5.91 Å². The Balaban J connectivity index is 1.97. The van der Waals surface area contributed by atoms with Crippen LogP contribution in [0.2, 0.25) is 0 Å². The molecule has 0 bridgehead atoms. The minimum absolute atomic E-state index is 0.182. The first-order chi connectivity index (χ1) is 9.19. The molecule has 19 heavy (non-hydrogen) atoms. The van der Waals surface area contributed by atoms with Crippen LogP contribution in [0.3, 0.4) is 0 Å². The van der Waals surface area contributed by atoms with Crippen molar-refractivity contribution in [3.8, 4) is 0 Å². The molecule has 4 heteroatoms. The minimum atomic E-state index is -0.182. The lowest BCUT2D eigenvalue weighted by molar-refractivity contribution is 0.102. The Morgan fingerprint density at radius 1 is 1.32 bits per heavy atom. The van der Waals surface area contributed by atoms with Crippen molar-refractivity contribution in [1.29, 1.82) is 0 Å². The number of H-pyrrole nitrogens is 1. The molecule has 0 aliphatic carbocycles. The second-order valence-electron chi connectivity index (χ2n) is 4.60. The van der Waals surface area contributed by atoms with E-state index < -0.39 is 0 Å². The molecule has 100 valence electrons. The molecule has 0 spiro atoms. The van der Waals surface area contributed by atoms with Gasteiger partial charge in [0, 0.05) is 17.6 Å². The Morgan fingerprint density at radius 2 is 2.05 bits per heavy atom. The number of carbonyl (C=O) groups is 1. The number of hydrogen-bond donors (Lipinski definition) is 3. The minimum Gasteiger partial charge on any atom is -0.397 e. The summed E-state index contributed by atoms with van der Waals surface area (Å²) in [5, 5.41) is 2.83. The van der Waals surface area contributed by atoms with Gasteiger partial charge < -0.3 is 16.0 Å². The molecule has 0 atom stereocenters. The monoisotopic (exact) mass is 257 g/mol. The molecule has 0 fully saturated rings. The number of nitrogens with two attached hydrogens (primary N) is 1. The van der Waals surface area contributed by atoms with E-state index in [0.29, 0.717) is 11.4 Å². The highest BCUT2D eigenvalue weighted by Gasteiger charge is 2.07. The largest absolute Gasteiger partial charge is 0.397 e. The number of anilines is 2. The summed E-state index contributed by atoms with van der Waals surface area (Å²) >= 11 is 0. The quantitative estimate of drug-likeness (QED) is 0.769. The van der Waals surface area contributed by atoms with Crippen molar-refractivity contribution in [3.63, 3.8) is 0 Å². The Labute approximate surface area is 113 Å². The van der Waals surface area contributed by atoms with Gasteiger partial charge in [-0.1, -0.05) is 25.5 Å². The van der Waals surface area contributed by atoms with Crippen LogP contribution in [-0.4, -0.2) is 10.9 Å². The number of nitrogen functional groups attached to an aromatic ring is 1. The van der Waals surface area contributed by atoms with Crippen molar-refractivity contribution >= 4 is 17.3 Å². The highest BCUT2D eigenvalue weighted by molar-refractivity contribution is 6.03. The number of aryl methyl sites for hydroxylation is 1. The van der Waals surface area contributed by atoms with E-state index in [9.17, 15) is 4.79 Å². The fourth-order valence-electron chi connectivity index (χ4n) is 1.88. The molecule has 1 aromatic carbocycles. The van der Waals surface area contributed by atoms with Crippen LogP contribution < -0.4 is 11.1 Å². The van der Waals surface area contributed by atoms with Crippen LogP contribution in [0.15, 0.2) is 36.5 Å². The van der Waals surface area contributed by atoms with E-state index in [1.54, 1.807) is 12.3 Å². The van der Waals surface area contributed by atoms with E-state index in [4.69, 9.17) is 5.73 Å². The third-order valence-corrected chi connectivity index (χ3v) is 2.98. The summed E-state index contributed by atoms with van der Waals surface area (Å²) < 4.78 is 0. The fraction of sp³-hybridized carbons (Fsp3) is 0.267. The van der Waals surface area contributed by atoms with Gasteiger partial charge in [0.1, 0.15) is 5.69 Å². The van der Waals surface area contributed by atoms with Crippen LogP contribution in [0.4, 0.5) is 11.4 Å². The number of aromatic amines is 1. The zero-order valence-electron chi connectivity index (χ0n) is 11.1. The van der Waals surface area contributed by atoms with Gasteiger partial charge in [-0.15, -0.1) is 0 Å². The molecule has 0 aliphatic heterocycles. The maximum atomic E-state index is 11.9. The molecule has 0 saturated heterocycles. The number of unbranched alkanes of at least 4 members (excludes halogenated alkanes) is 1. The zero-order chi connectivity index (χ0) is 13.7. The SMILES string of the molecule is CCCCc1ccc(NC(=O)c2cc(N)c[nH]2)cc1. The van der Waals surface area contributed by atoms with Crippen molar-refractivity contribution in [2.24, 2.45) is 0 Å². The van der Waals surface area contributed by atoms with Gasteiger partial charge >= 0.3 is 0 Å². The lowest BCUT2D eigenvalue weighted by atomic mass is 10.1. The Hall–Kier alpha value is -2.23. The van der Waals surface area contributed by atoms with Crippen LogP contribution >= 0.6 is 0 Å². The van der Waals surface area contributed by atoms with E-state index in [1.807, 2.05) is 24.3 Å². The molecule has 0 saturated carbocycles. The number of aromatic nitrogens is 1. The van der Waals surface area contributed by atoms with Gasteiger partial charge in [0.05, 0.1) is 0 Å². The zero-order valence-corrected chi connectivity index (χ0v) is 11.1. The van der Waals surface area contributed by atoms with Gasteiger partial charge in [-0.3, -0.25) is 4.79 Å². The highest BCUT2D eigenvalue weighted by atomic mass is 16.1. The fourth-order valence-corrected chi connectivity index (χ4v) is 1.88. The van der Waals surface area contributed by atoms with E-state index in [0.717, 1.165) is 12.1 Å². The maximum absolute atomic E-state index is 11.9. The molecule has 4 N–H and O–H groups in total. The molecule has 1 heterocycles. The number of carbonyl (C=O) groups excluding carboxylic acids is 1. The van der Waals surface area contributed by atoms with E-state index in [2.05, 4.69) is 17.2 Å². The van der Waals surface area contributed by atoms with Crippen molar-refractivity contribution in [1.82, 2.24) is 4.98 Å². The van der Waals surface area contributed by atoms with Crippen LogP contribution in [0.1, 0.15) is 35.8 Å². The standard InChI is InChI=1S/C15H19N3O/c1-2-3-4-11-5-7-13(8-6-11)18-15(19)14-9-12(16)10-17-14/h5-10,17H,2-4,16H2,1H3,(H,18,19). The first kappa shape index (κ1) is 13.2. The molecular weight excluding hydrogens is 238 g/mol. The van der Waals surface area contributed by atoms with Crippen molar-refractivity contribution in [3.05, 3.63) is 47.8 Å². The first-order valence-electron chi connectivity index (χ1n) is 6.53. The third kappa shape index (κ3) is 3.61. The molecule has 1 amide bonds. The second-order valence-corrected chi connectivity index (χ2v) is 4.60. The maximum Gasteiger partial charge on any atom is 0.272 e. The summed E-state index contributed by atoms with van der Waals surface area (Å²) in [7, 11) is 0. The molecule has 4 nitrogen and oxygen atoms in total. The summed E-state index contributed by atoms with van der Waals surface area (Å²) in [5.41, 5.74) is 8.67. The molecule has 0 radical (unpaired) electrons. The van der Waals surface area contributed by atoms with Gasteiger partial charge in [0.25, 0.3) is 5.91 Å². The average molecular weight is 257 g/mol. The lowest BCUT2D eigenvalue weighted by Gasteiger charge is -2.05. The normalized spacial score (nSPS) is 10.4. The Kier molecular flexibility index (Phi) is 4.23. The van der Waals surface area contributed by atoms with Gasteiger partial charge in [0.15, 0.2) is 0 Å². The number of hydrogen-bond acceptors (Lipinski definition) is 2. The third-order valence-electron chi connectivity index (χ3n) is 2.98. The predicted octanol–water partition coefficient (Wildman–Crippen LogP) is 3.19. The molecule has 1 aromatic heterocycles. The number of nitrogens with one attached hydrogen (secondary N) is 2. The van der Waals surface area contributed by atoms with Crippen LogP contribution in [0, 0.1) is 0 Å². The second kappa shape index (κ2) is 6.09. The summed E-state index contributed by atoms with van der Waals surface area (Å²) in [6, 6.07) is 9.57. The molecular formula is C15H19N3O. The Morgan fingerprint density at radius 3 is 2.63 bits per heavy atom. The summed E-state index contributed by atoms with van der Waals surface area (Å²) in [6.45, 7) is 2.18. The molecule has 2 rings (SSSR count). The van der Waals surface area contributed by atoms with Crippen LogP contribution in [0.25, 0.3) is 0 Å². The molecule has 0 aliphatic rings. The number of benzene rings is 1. The van der Waals surface area contributed by atoms with Crippen molar-refractivity contribution < 1.29 is 4.79 Å². The van der Waals surface area contributed by atoms with Crippen LogP contribution in [0.5, 0.6) is 0 Å². The topological polar surface area (TPSA) is 70.9 Å². The summed E-state index contributed by atoms with van der Waals surface area (Å²) in [5.74, 6) is -0.182. The van der Waals surface area contributed by atoms with Gasteiger partial charge in [-0.05, 0) is 36.6 Å². The molecule has 0 unspecified atom stereocenters. The summed E-state index contributed by atoms with van der Waals surface area (Å²) in [6.07, 6.45) is 5.06. The predicted molar refractivity (Wildman–Crippen MR) is 78.2 cm³/mol. The number of rotatable bonds is 5. The average Bonchev–Trinajstić information content (AvgIpc) is 2.85. The number of amides is 1. The van der Waals surface area contributed by atoms with Gasteiger partial charge in [0.2, 0.25) is 0 Å².